The van der Waals surface area contributed by atoms with Gasteiger partial charge in [-0.3, -0.25) is 9.59 Å². The number of aryl methyl sites for hydroxylation is 2. The fourth-order valence-corrected chi connectivity index (χ4v) is 4.74. The Hall–Kier alpha value is -2.94. The molecule has 0 aromatic carbocycles. The van der Waals surface area contributed by atoms with Crippen LogP contribution in [0.2, 0.25) is 0 Å². The molecular formula is C20H22N6O2S. The Morgan fingerprint density at radius 1 is 1.21 bits per heavy atom. The summed E-state index contributed by atoms with van der Waals surface area (Å²) in [6.07, 6.45) is 5.00. The summed E-state index contributed by atoms with van der Waals surface area (Å²) < 4.78 is 1.24. The zero-order valence-electron chi connectivity index (χ0n) is 16.4. The average Bonchev–Trinajstić information content (AvgIpc) is 3.13. The lowest BCUT2D eigenvalue weighted by Gasteiger charge is -2.31. The second-order valence-corrected chi connectivity index (χ2v) is 8.22. The molecule has 0 unspecified atom stereocenters. The Balaban J connectivity index is 1.40. The van der Waals surface area contributed by atoms with Crippen molar-refractivity contribution in [3.8, 4) is 10.6 Å². The van der Waals surface area contributed by atoms with Crippen LogP contribution < -0.4 is 5.56 Å². The maximum Gasteiger partial charge on any atom is 0.267 e. The molecule has 3 aromatic heterocycles. The lowest BCUT2D eigenvalue weighted by molar-refractivity contribution is -0.133. The van der Waals surface area contributed by atoms with Gasteiger partial charge in [0.2, 0.25) is 5.91 Å². The summed E-state index contributed by atoms with van der Waals surface area (Å²) in [4.78, 5) is 40.5. The SMILES string of the molecule is Cc1ccc(=O)n(CC(=O)N2CCC(c3nc(C)c(-c4ccncn4)s3)CC2)n1. The third kappa shape index (κ3) is 4.24. The van der Waals surface area contributed by atoms with Crippen molar-refractivity contribution in [2.75, 3.05) is 13.1 Å². The topological polar surface area (TPSA) is 93.9 Å². The highest BCUT2D eigenvalue weighted by atomic mass is 32.1. The number of rotatable bonds is 4. The van der Waals surface area contributed by atoms with Gasteiger partial charge in [0.15, 0.2) is 0 Å². The number of likely N-dealkylation sites (tertiary alicyclic amines) is 1. The minimum absolute atomic E-state index is 0.0145. The van der Waals surface area contributed by atoms with Gasteiger partial charge < -0.3 is 4.90 Å². The summed E-state index contributed by atoms with van der Waals surface area (Å²) >= 11 is 1.67. The van der Waals surface area contributed by atoms with Crippen LogP contribution in [0.25, 0.3) is 10.6 Å². The van der Waals surface area contributed by atoms with Gasteiger partial charge in [-0.05, 0) is 38.8 Å². The van der Waals surface area contributed by atoms with E-state index in [0.29, 0.717) is 19.0 Å². The highest BCUT2D eigenvalue weighted by Crippen LogP contribution is 2.36. The van der Waals surface area contributed by atoms with Crippen LogP contribution in [-0.2, 0) is 11.3 Å². The second-order valence-electron chi connectivity index (χ2n) is 7.19. The molecule has 0 atom stereocenters. The Labute approximate surface area is 172 Å². The number of piperidine rings is 1. The largest absolute Gasteiger partial charge is 0.341 e. The van der Waals surface area contributed by atoms with Gasteiger partial charge in [0.05, 0.1) is 27.0 Å². The van der Waals surface area contributed by atoms with Crippen molar-refractivity contribution >= 4 is 17.2 Å². The van der Waals surface area contributed by atoms with Gasteiger partial charge in [-0.1, -0.05) is 0 Å². The predicted octanol–water partition coefficient (Wildman–Crippen LogP) is 2.18. The number of aromatic nitrogens is 5. The van der Waals surface area contributed by atoms with Crippen molar-refractivity contribution in [2.24, 2.45) is 0 Å². The molecule has 9 heteroatoms. The quantitative estimate of drug-likeness (QED) is 0.654. The first-order chi connectivity index (χ1) is 14.0. The summed E-state index contributed by atoms with van der Waals surface area (Å²) in [5.74, 6) is 0.263. The maximum atomic E-state index is 12.6. The van der Waals surface area contributed by atoms with Crippen molar-refractivity contribution in [2.45, 2.75) is 39.2 Å². The third-order valence-corrected chi connectivity index (χ3v) is 6.45. The van der Waals surface area contributed by atoms with Crippen molar-refractivity contribution < 1.29 is 4.79 Å². The number of nitrogens with zero attached hydrogens (tertiary/aromatic N) is 6. The van der Waals surface area contributed by atoms with Gasteiger partial charge in [-0.25, -0.2) is 19.6 Å². The molecule has 1 aliphatic heterocycles. The fraction of sp³-hybridized carbons (Fsp3) is 0.400. The molecule has 0 bridgehead atoms. The number of hydrogen-bond acceptors (Lipinski definition) is 7. The summed E-state index contributed by atoms with van der Waals surface area (Å²) in [5.41, 5.74) is 2.33. The summed E-state index contributed by atoms with van der Waals surface area (Å²) in [7, 11) is 0. The number of carbonyl (C=O) groups is 1. The molecule has 0 N–H and O–H groups in total. The van der Waals surface area contributed by atoms with Crippen LogP contribution in [0.3, 0.4) is 0 Å². The predicted molar refractivity (Wildman–Crippen MR) is 110 cm³/mol. The molecule has 1 amide bonds. The monoisotopic (exact) mass is 410 g/mol. The van der Waals surface area contributed by atoms with Crippen LogP contribution in [0.1, 0.15) is 35.2 Å². The Morgan fingerprint density at radius 2 is 2.00 bits per heavy atom. The Kier molecular flexibility index (Phi) is 5.48. The molecule has 29 heavy (non-hydrogen) atoms. The van der Waals surface area contributed by atoms with Crippen LogP contribution in [-0.4, -0.2) is 48.6 Å². The molecule has 0 spiro atoms. The summed E-state index contributed by atoms with van der Waals surface area (Å²) in [5, 5.41) is 5.25. The van der Waals surface area contributed by atoms with Crippen LogP contribution in [0.5, 0.6) is 0 Å². The van der Waals surface area contributed by atoms with Crippen molar-refractivity contribution in [1.29, 1.82) is 0 Å². The maximum absolute atomic E-state index is 12.6. The van der Waals surface area contributed by atoms with E-state index in [2.05, 4.69) is 15.1 Å². The number of hydrogen-bond donors (Lipinski definition) is 0. The van der Waals surface area contributed by atoms with Crippen LogP contribution in [0.15, 0.2) is 35.5 Å². The minimum atomic E-state index is -0.255. The van der Waals surface area contributed by atoms with E-state index >= 15 is 0 Å². The van der Waals surface area contributed by atoms with Crippen LogP contribution in [0, 0.1) is 13.8 Å². The molecule has 0 saturated carbocycles. The molecule has 3 aromatic rings. The van der Waals surface area contributed by atoms with Crippen molar-refractivity contribution in [1.82, 2.24) is 29.6 Å². The van der Waals surface area contributed by atoms with E-state index in [1.54, 1.807) is 36.9 Å². The van der Waals surface area contributed by atoms with E-state index in [9.17, 15) is 9.59 Å². The highest BCUT2D eigenvalue weighted by molar-refractivity contribution is 7.15. The van der Waals surface area contributed by atoms with Gasteiger partial charge in [-0.15, -0.1) is 11.3 Å². The molecule has 1 saturated heterocycles. The normalized spacial score (nSPS) is 14.9. The first-order valence-corrected chi connectivity index (χ1v) is 10.4. The van der Waals surface area contributed by atoms with E-state index in [1.165, 1.54) is 10.7 Å². The molecule has 150 valence electrons. The van der Waals surface area contributed by atoms with Crippen LogP contribution in [0.4, 0.5) is 0 Å². The van der Waals surface area contributed by atoms with Crippen molar-refractivity contribution in [3.05, 3.63) is 57.5 Å². The number of carbonyl (C=O) groups excluding carboxylic acids is 1. The second kappa shape index (κ2) is 8.20. The smallest absolute Gasteiger partial charge is 0.267 e. The zero-order chi connectivity index (χ0) is 20.4. The molecule has 8 nitrogen and oxygen atoms in total. The molecule has 1 aliphatic rings. The summed E-state index contributed by atoms with van der Waals surface area (Å²) in [6, 6.07) is 5.00. The van der Waals surface area contributed by atoms with Gasteiger partial charge in [0, 0.05) is 31.3 Å². The lowest BCUT2D eigenvalue weighted by atomic mass is 9.97. The molecular weight excluding hydrogens is 388 g/mol. The van der Waals surface area contributed by atoms with E-state index in [1.807, 2.05) is 17.9 Å². The molecule has 4 rings (SSSR count). The average molecular weight is 411 g/mol. The molecule has 0 radical (unpaired) electrons. The van der Waals surface area contributed by atoms with E-state index in [-0.39, 0.29) is 18.0 Å². The van der Waals surface area contributed by atoms with Gasteiger partial charge in [0.25, 0.3) is 5.56 Å². The first kappa shape index (κ1) is 19.4. The highest BCUT2D eigenvalue weighted by Gasteiger charge is 2.27. The first-order valence-electron chi connectivity index (χ1n) is 9.57. The van der Waals surface area contributed by atoms with Crippen LogP contribution >= 0.6 is 11.3 Å². The number of thiazole rings is 1. The number of amides is 1. The molecule has 4 heterocycles. The zero-order valence-corrected chi connectivity index (χ0v) is 17.2. The van der Waals surface area contributed by atoms with E-state index in [4.69, 9.17) is 4.98 Å². The lowest BCUT2D eigenvalue weighted by Crippen LogP contribution is -2.41. The Bertz CT molecular complexity index is 1070. The summed E-state index contributed by atoms with van der Waals surface area (Å²) in [6.45, 7) is 5.11. The van der Waals surface area contributed by atoms with Gasteiger partial charge in [0.1, 0.15) is 12.9 Å². The van der Waals surface area contributed by atoms with Gasteiger partial charge in [-0.2, -0.15) is 5.10 Å². The minimum Gasteiger partial charge on any atom is -0.341 e. The molecule has 0 aliphatic carbocycles. The van der Waals surface area contributed by atoms with E-state index < -0.39 is 0 Å². The van der Waals surface area contributed by atoms with Crippen molar-refractivity contribution in [3.63, 3.8) is 0 Å². The standard InChI is InChI=1S/C20H22N6O2S/c1-13-3-4-17(27)26(24-13)11-18(28)25-9-6-15(7-10-25)20-23-14(2)19(29-20)16-5-8-21-12-22-16/h3-5,8,12,15H,6-7,9-11H2,1-2H3. The third-order valence-electron chi connectivity index (χ3n) is 5.11. The Morgan fingerprint density at radius 3 is 2.72 bits per heavy atom. The van der Waals surface area contributed by atoms with Gasteiger partial charge >= 0.3 is 0 Å². The van der Waals surface area contributed by atoms with E-state index in [0.717, 1.165) is 39.8 Å². The fourth-order valence-electron chi connectivity index (χ4n) is 3.52. The molecule has 1 fully saturated rings.